The Hall–Kier alpha value is -1.40. The predicted octanol–water partition coefficient (Wildman–Crippen LogP) is 0.0133. The second-order valence-corrected chi connectivity index (χ2v) is 5.22. The summed E-state index contributed by atoms with van der Waals surface area (Å²) in [5.74, 6) is -0.561. The summed E-state index contributed by atoms with van der Waals surface area (Å²) in [6, 6.07) is 6.99. The van der Waals surface area contributed by atoms with Gasteiger partial charge in [0.05, 0.1) is 5.75 Å². The second-order valence-electron chi connectivity index (χ2n) is 3.49. The normalized spacial score (nSPS) is 11.1. The molecule has 1 rings (SSSR count). The number of nitrogens with two attached hydrogens (primary N) is 1. The van der Waals surface area contributed by atoms with Gasteiger partial charge in [0.1, 0.15) is 0 Å². The largest absolute Gasteiger partial charge is 0.351 e. The Kier molecular flexibility index (Phi) is 4.03. The van der Waals surface area contributed by atoms with Crippen molar-refractivity contribution in [2.45, 2.75) is 6.92 Å². The summed E-state index contributed by atoms with van der Waals surface area (Å²) in [4.78, 5) is 11.5. The van der Waals surface area contributed by atoms with Gasteiger partial charge in [-0.25, -0.2) is 13.6 Å². The molecule has 3 N–H and O–H groups in total. The van der Waals surface area contributed by atoms with E-state index in [4.69, 9.17) is 5.14 Å². The Morgan fingerprint density at radius 3 is 2.38 bits per heavy atom. The zero-order chi connectivity index (χ0) is 12.2. The van der Waals surface area contributed by atoms with Crippen molar-refractivity contribution in [2.24, 2.45) is 5.14 Å². The van der Waals surface area contributed by atoms with E-state index in [1.807, 2.05) is 19.1 Å². The molecule has 0 saturated heterocycles. The van der Waals surface area contributed by atoms with Crippen molar-refractivity contribution in [3.05, 3.63) is 35.4 Å². The van der Waals surface area contributed by atoms with Gasteiger partial charge in [0.25, 0.3) is 5.91 Å². The van der Waals surface area contributed by atoms with Gasteiger partial charge in [0.15, 0.2) is 0 Å². The first kappa shape index (κ1) is 12.7. The van der Waals surface area contributed by atoms with Crippen molar-refractivity contribution < 1.29 is 13.2 Å². The van der Waals surface area contributed by atoms with Crippen molar-refractivity contribution in [3.8, 4) is 0 Å². The summed E-state index contributed by atoms with van der Waals surface area (Å²) in [6.07, 6.45) is 0. The van der Waals surface area contributed by atoms with E-state index in [0.717, 1.165) is 5.56 Å². The molecule has 88 valence electrons. The average molecular weight is 242 g/mol. The molecule has 1 aromatic carbocycles. The molecule has 0 radical (unpaired) electrons. The molecular weight excluding hydrogens is 228 g/mol. The van der Waals surface area contributed by atoms with E-state index in [0.29, 0.717) is 5.56 Å². The molecule has 0 bridgehead atoms. The van der Waals surface area contributed by atoms with Crippen molar-refractivity contribution in [1.29, 1.82) is 0 Å². The molecule has 0 spiro atoms. The minimum Gasteiger partial charge on any atom is -0.351 e. The van der Waals surface area contributed by atoms with E-state index in [1.54, 1.807) is 12.1 Å². The average Bonchev–Trinajstić information content (AvgIpc) is 2.16. The summed E-state index contributed by atoms with van der Waals surface area (Å²) in [5.41, 5.74) is 1.56. The Labute approximate surface area is 94.7 Å². The van der Waals surface area contributed by atoms with E-state index >= 15 is 0 Å². The van der Waals surface area contributed by atoms with E-state index < -0.39 is 10.0 Å². The molecule has 1 aromatic rings. The fourth-order valence-electron chi connectivity index (χ4n) is 1.11. The topological polar surface area (TPSA) is 89.3 Å². The summed E-state index contributed by atoms with van der Waals surface area (Å²) in [5, 5.41) is 7.28. The van der Waals surface area contributed by atoms with Crippen LogP contribution in [0.1, 0.15) is 15.9 Å². The lowest BCUT2D eigenvalue weighted by Gasteiger charge is -2.04. The van der Waals surface area contributed by atoms with Gasteiger partial charge in [-0.2, -0.15) is 0 Å². The number of amides is 1. The summed E-state index contributed by atoms with van der Waals surface area (Å²) in [6.45, 7) is 1.94. The Morgan fingerprint density at radius 1 is 1.31 bits per heavy atom. The predicted molar refractivity (Wildman–Crippen MR) is 61.5 cm³/mol. The first-order valence-corrected chi connectivity index (χ1v) is 6.45. The number of hydrogen-bond donors (Lipinski definition) is 2. The fraction of sp³-hybridized carbons (Fsp3) is 0.300. The number of primary sulfonamides is 1. The highest BCUT2D eigenvalue weighted by Gasteiger charge is 2.06. The van der Waals surface area contributed by atoms with Gasteiger partial charge >= 0.3 is 0 Å². The molecule has 6 heteroatoms. The van der Waals surface area contributed by atoms with Crippen LogP contribution in [0.25, 0.3) is 0 Å². The maximum absolute atomic E-state index is 11.5. The lowest BCUT2D eigenvalue weighted by Crippen LogP contribution is -2.31. The number of hydrogen-bond acceptors (Lipinski definition) is 3. The molecule has 1 amide bonds. The number of nitrogens with one attached hydrogen (secondary N) is 1. The summed E-state index contributed by atoms with van der Waals surface area (Å²) >= 11 is 0. The van der Waals surface area contributed by atoms with Crippen LogP contribution in [0.15, 0.2) is 24.3 Å². The Bertz CT molecular complexity index is 465. The maximum atomic E-state index is 11.5. The zero-order valence-corrected chi connectivity index (χ0v) is 9.75. The van der Waals surface area contributed by atoms with Crippen molar-refractivity contribution in [2.75, 3.05) is 12.3 Å². The maximum Gasteiger partial charge on any atom is 0.251 e. The summed E-state index contributed by atoms with van der Waals surface area (Å²) < 4.78 is 21.2. The first-order chi connectivity index (χ1) is 7.38. The van der Waals surface area contributed by atoms with Gasteiger partial charge < -0.3 is 5.32 Å². The molecule has 0 aliphatic rings. The van der Waals surface area contributed by atoms with E-state index in [2.05, 4.69) is 5.32 Å². The SMILES string of the molecule is Cc1ccc(C(=O)NCCS(N)(=O)=O)cc1. The van der Waals surface area contributed by atoms with Crippen molar-refractivity contribution in [3.63, 3.8) is 0 Å². The molecule has 0 aliphatic heterocycles. The van der Waals surface area contributed by atoms with E-state index in [1.165, 1.54) is 0 Å². The van der Waals surface area contributed by atoms with Crippen LogP contribution in [0.5, 0.6) is 0 Å². The van der Waals surface area contributed by atoms with Crippen LogP contribution in [0.4, 0.5) is 0 Å². The highest BCUT2D eigenvalue weighted by molar-refractivity contribution is 7.89. The van der Waals surface area contributed by atoms with Crippen LogP contribution in [-0.4, -0.2) is 26.6 Å². The van der Waals surface area contributed by atoms with Gasteiger partial charge in [0, 0.05) is 12.1 Å². The van der Waals surface area contributed by atoms with Gasteiger partial charge in [-0.05, 0) is 19.1 Å². The van der Waals surface area contributed by atoms with Gasteiger partial charge in [0.2, 0.25) is 10.0 Å². The number of carbonyl (C=O) groups is 1. The molecule has 0 saturated carbocycles. The minimum atomic E-state index is -3.52. The number of carbonyl (C=O) groups excluding carboxylic acids is 1. The lowest BCUT2D eigenvalue weighted by atomic mass is 10.1. The minimum absolute atomic E-state index is 0.0194. The van der Waals surface area contributed by atoms with Crippen LogP contribution >= 0.6 is 0 Å². The van der Waals surface area contributed by atoms with Crippen LogP contribution in [-0.2, 0) is 10.0 Å². The third-order valence-electron chi connectivity index (χ3n) is 1.99. The van der Waals surface area contributed by atoms with Crippen LogP contribution in [0, 0.1) is 6.92 Å². The van der Waals surface area contributed by atoms with Gasteiger partial charge in [-0.1, -0.05) is 17.7 Å². The quantitative estimate of drug-likeness (QED) is 0.779. The molecule has 0 atom stereocenters. The molecule has 0 fully saturated rings. The number of sulfonamides is 1. The zero-order valence-electron chi connectivity index (χ0n) is 8.93. The molecule has 5 nitrogen and oxygen atoms in total. The van der Waals surface area contributed by atoms with Crippen LogP contribution in [0.3, 0.4) is 0 Å². The number of benzene rings is 1. The van der Waals surface area contributed by atoms with Crippen LogP contribution in [0.2, 0.25) is 0 Å². The van der Waals surface area contributed by atoms with Crippen LogP contribution < -0.4 is 10.5 Å². The third-order valence-corrected chi connectivity index (χ3v) is 2.76. The van der Waals surface area contributed by atoms with Crippen molar-refractivity contribution in [1.82, 2.24) is 5.32 Å². The molecule has 0 unspecified atom stereocenters. The smallest absolute Gasteiger partial charge is 0.251 e. The first-order valence-electron chi connectivity index (χ1n) is 4.74. The van der Waals surface area contributed by atoms with E-state index in [-0.39, 0.29) is 18.2 Å². The highest BCUT2D eigenvalue weighted by atomic mass is 32.2. The summed E-state index contributed by atoms with van der Waals surface area (Å²) in [7, 11) is -3.52. The number of aryl methyl sites for hydroxylation is 1. The Balaban J connectivity index is 2.50. The van der Waals surface area contributed by atoms with E-state index in [9.17, 15) is 13.2 Å². The molecule has 0 heterocycles. The monoisotopic (exact) mass is 242 g/mol. The molecule has 0 aliphatic carbocycles. The second kappa shape index (κ2) is 5.09. The van der Waals surface area contributed by atoms with Gasteiger partial charge in [-0.15, -0.1) is 0 Å². The number of rotatable bonds is 4. The van der Waals surface area contributed by atoms with Crippen molar-refractivity contribution >= 4 is 15.9 Å². The molecule has 16 heavy (non-hydrogen) atoms. The van der Waals surface area contributed by atoms with Gasteiger partial charge in [-0.3, -0.25) is 4.79 Å². The third kappa shape index (κ3) is 4.41. The lowest BCUT2D eigenvalue weighted by molar-refractivity contribution is 0.0956. The standard InChI is InChI=1S/C10H14N2O3S/c1-8-2-4-9(5-3-8)10(13)12-6-7-16(11,14)15/h2-5H,6-7H2,1H3,(H,12,13)(H2,11,14,15). The fourth-order valence-corrected chi connectivity index (χ4v) is 1.50. The Morgan fingerprint density at radius 2 is 1.88 bits per heavy atom. The highest BCUT2D eigenvalue weighted by Crippen LogP contribution is 2.02. The molecular formula is C10H14N2O3S. The molecule has 0 aromatic heterocycles.